The quantitative estimate of drug-likeness (QED) is 0.920. The first kappa shape index (κ1) is 15.7. The first-order chi connectivity index (χ1) is 11.5. The van der Waals surface area contributed by atoms with Crippen LogP contribution in [0.15, 0.2) is 6.07 Å². The summed E-state index contributed by atoms with van der Waals surface area (Å²) in [7, 11) is 0. The smallest absolute Gasteiger partial charge is 0.274 e. The lowest BCUT2D eigenvalue weighted by Crippen LogP contribution is -2.39. The number of amides is 2. The molecule has 24 heavy (non-hydrogen) atoms. The van der Waals surface area contributed by atoms with Crippen molar-refractivity contribution in [1.82, 2.24) is 20.0 Å². The van der Waals surface area contributed by atoms with E-state index in [-0.39, 0.29) is 11.8 Å². The summed E-state index contributed by atoms with van der Waals surface area (Å²) in [6.45, 7) is 8.59. The zero-order chi connectivity index (χ0) is 17.0. The number of hydrogen-bond acceptors (Lipinski definition) is 3. The maximum atomic E-state index is 12.7. The second kappa shape index (κ2) is 5.60. The molecule has 130 valence electrons. The molecule has 4 atom stereocenters. The molecule has 2 aliphatic heterocycles. The van der Waals surface area contributed by atoms with Crippen molar-refractivity contribution >= 4 is 11.8 Å². The Balaban J connectivity index is 1.36. The highest BCUT2D eigenvalue weighted by molar-refractivity contribution is 5.93. The largest absolute Gasteiger partial charge is 0.340 e. The van der Waals surface area contributed by atoms with Gasteiger partial charge in [-0.05, 0) is 43.6 Å². The molecule has 3 fully saturated rings. The van der Waals surface area contributed by atoms with E-state index in [9.17, 15) is 9.59 Å². The summed E-state index contributed by atoms with van der Waals surface area (Å²) in [6.07, 6.45) is 2.24. The maximum absolute atomic E-state index is 12.7. The Labute approximate surface area is 142 Å². The summed E-state index contributed by atoms with van der Waals surface area (Å²) in [5, 5.41) is 7.10. The topological polar surface area (TPSA) is 69.3 Å². The highest BCUT2D eigenvalue weighted by Crippen LogP contribution is 2.53. The second-order valence-corrected chi connectivity index (χ2v) is 7.95. The first-order valence-corrected chi connectivity index (χ1v) is 9.12. The summed E-state index contributed by atoms with van der Waals surface area (Å²) in [5.74, 6) is 1.51. The van der Waals surface area contributed by atoms with Crippen molar-refractivity contribution in [2.75, 3.05) is 19.6 Å². The van der Waals surface area contributed by atoms with Gasteiger partial charge >= 0.3 is 0 Å². The highest BCUT2D eigenvalue weighted by Gasteiger charge is 2.61. The molecular formula is C18H26N4O2. The van der Waals surface area contributed by atoms with E-state index in [1.165, 1.54) is 0 Å². The molecule has 1 aromatic heterocycles. The van der Waals surface area contributed by atoms with Gasteiger partial charge in [0.25, 0.3) is 5.91 Å². The Morgan fingerprint density at radius 1 is 1.29 bits per heavy atom. The van der Waals surface area contributed by atoms with E-state index < -0.39 is 0 Å². The molecule has 1 aliphatic carbocycles. The number of likely N-dealkylation sites (tertiary alicyclic amines) is 2. The first-order valence-electron chi connectivity index (χ1n) is 9.12. The molecule has 0 spiro atoms. The average molecular weight is 330 g/mol. The van der Waals surface area contributed by atoms with Crippen molar-refractivity contribution < 1.29 is 9.59 Å². The molecule has 1 saturated carbocycles. The van der Waals surface area contributed by atoms with Crippen LogP contribution in [-0.4, -0.2) is 57.5 Å². The van der Waals surface area contributed by atoms with Crippen LogP contribution < -0.4 is 0 Å². The van der Waals surface area contributed by atoms with Gasteiger partial charge < -0.3 is 9.80 Å². The summed E-state index contributed by atoms with van der Waals surface area (Å²) < 4.78 is 0. The lowest BCUT2D eigenvalue weighted by atomic mass is 10.1. The van der Waals surface area contributed by atoms with Crippen LogP contribution in [0.4, 0.5) is 0 Å². The fourth-order valence-electron chi connectivity index (χ4n) is 4.41. The van der Waals surface area contributed by atoms with E-state index in [2.05, 4.69) is 35.9 Å². The number of nitrogens with zero attached hydrogens (tertiary/aromatic N) is 3. The molecule has 2 amide bonds. The molecule has 3 aliphatic rings. The van der Waals surface area contributed by atoms with Crippen LogP contribution in [-0.2, 0) is 4.79 Å². The number of piperidine rings is 1. The third kappa shape index (κ3) is 2.43. The number of carbonyl (C=O) groups is 2. The molecule has 6 heteroatoms. The molecule has 4 rings (SSSR count). The summed E-state index contributed by atoms with van der Waals surface area (Å²) in [6, 6.07) is 2.24. The Hall–Kier alpha value is -1.85. The molecule has 1 unspecified atom stereocenters. The fourth-order valence-corrected chi connectivity index (χ4v) is 4.41. The molecule has 2 saturated heterocycles. The van der Waals surface area contributed by atoms with Crippen LogP contribution in [0.3, 0.4) is 0 Å². The molecule has 1 aromatic rings. The van der Waals surface area contributed by atoms with E-state index in [1.807, 2.05) is 11.0 Å². The SMILES string of the molecule is CC(C)c1cc(C(=O)N2C[C@@H]3C(C(=O)N4CCC[C@@H]4C)[C@@H]3C2)n[nH]1. The minimum absolute atomic E-state index is 0.00825. The standard InChI is InChI=1S/C18H26N4O2/c1-10(2)14-7-15(20-19-14)17(23)21-8-12-13(9-21)16(12)18(24)22-6-4-5-11(22)3/h7,10-13,16H,4-6,8-9H2,1-3H3,(H,19,20)/t11-,12-,13+,16?/m0/s1. The van der Waals surface area contributed by atoms with Crippen molar-refractivity contribution in [3.8, 4) is 0 Å². The summed E-state index contributed by atoms with van der Waals surface area (Å²) in [4.78, 5) is 29.2. The van der Waals surface area contributed by atoms with Gasteiger partial charge in [0.05, 0.1) is 0 Å². The Bertz CT molecular complexity index is 656. The zero-order valence-corrected chi connectivity index (χ0v) is 14.7. The van der Waals surface area contributed by atoms with Crippen LogP contribution in [0.2, 0.25) is 0 Å². The van der Waals surface area contributed by atoms with Gasteiger partial charge in [-0.1, -0.05) is 13.8 Å². The van der Waals surface area contributed by atoms with E-state index in [0.717, 1.165) is 25.1 Å². The van der Waals surface area contributed by atoms with Gasteiger partial charge in [-0.2, -0.15) is 5.10 Å². The maximum Gasteiger partial charge on any atom is 0.274 e. The van der Waals surface area contributed by atoms with Gasteiger partial charge in [0.2, 0.25) is 5.91 Å². The van der Waals surface area contributed by atoms with Crippen LogP contribution in [0.5, 0.6) is 0 Å². The van der Waals surface area contributed by atoms with E-state index in [1.54, 1.807) is 0 Å². The van der Waals surface area contributed by atoms with Crippen molar-refractivity contribution in [3.63, 3.8) is 0 Å². The van der Waals surface area contributed by atoms with Gasteiger partial charge in [-0.25, -0.2) is 0 Å². The number of aromatic amines is 1. The Morgan fingerprint density at radius 2 is 2.00 bits per heavy atom. The number of H-pyrrole nitrogens is 1. The third-order valence-corrected chi connectivity index (χ3v) is 6.04. The molecule has 0 radical (unpaired) electrons. The van der Waals surface area contributed by atoms with Crippen molar-refractivity contribution in [2.45, 2.75) is 45.6 Å². The monoisotopic (exact) mass is 330 g/mol. The highest BCUT2D eigenvalue weighted by atomic mass is 16.2. The molecular weight excluding hydrogens is 304 g/mol. The molecule has 6 nitrogen and oxygen atoms in total. The van der Waals surface area contributed by atoms with E-state index in [4.69, 9.17) is 0 Å². The summed E-state index contributed by atoms with van der Waals surface area (Å²) in [5.41, 5.74) is 1.48. The number of hydrogen-bond donors (Lipinski definition) is 1. The van der Waals surface area contributed by atoms with Gasteiger partial charge in [0.15, 0.2) is 0 Å². The van der Waals surface area contributed by atoms with E-state index >= 15 is 0 Å². The summed E-state index contributed by atoms with van der Waals surface area (Å²) >= 11 is 0. The molecule has 1 N–H and O–H groups in total. The number of carbonyl (C=O) groups excluding carboxylic acids is 2. The number of aromatic nitrogens is 2. The molecule has 0 aromatic carbocycles. The van der Waals surface area contributed by atoms with Crippen LogP contribution in [0, 0.1) is 17.8 Å². The number of rotatable bonds is 3. The van der Waals surface area contributed by atoms with Gasteiger partial charge in [-0.15, -0.1) is 0 Å². The lowest BCUT2D eigenvalue weighted by molar-refractivity contribution is -0.134. The Morgan fingerprint density at radius 3 is 2.54 bits per heavy atom. The van der Waals surface area contributed by atoms with Crippen molar-refractivity contribution in [3.05, 3.63) is 17.5 Å². The van der Waals surface area contributed by atoms with Gasteiger partial charge in [-0.3, -0.25) is 14.7 Å². The van der Waals surface area contributed by atoms with Crippen LogP contribution >= 0.6 is 0 Å². The van der Waals surface area contributed by atoms with Crippen molar-refractivity contribution in [1.29, 1.82) is 0 Å². The molecule has 3 heterocycles. The number of fused-ring (bicyclic) bond motifs is 1. The van der Waals surface area contributed by atoms with Crippen LogP contribution in [0.25, 0.3) is 0 Å². The lowest BCUT2D eigenvalue weighted by Gasteiger charge is -2.24. The average Bonchev–Trinajstić information content (AvgIpc) is 3.05. The Kier molecular flexibility index (Phi) is 3.66. The van der Waals surface area contributed by atoms with Gasteiger partial charge in [0, 0.05) is 37.3 Å². The second-order valence-electron chi connectivity index (χ2n) is 7.95. The van der Waals surface area contributed by atoms with E-state index in [0.29, 0.717) is 48.5 Å². The number of nitrogens with one attached hydrogen (secondary N) is 1. The molecule has 0 bridgehead atoms. The fraction of sp³-hybridized carbons (Fsp3) is 0.722. The predicted octanol–water partition coefficient (Wildman–Crippen LogP) is 1.86. The van der Waals surface area contributed by atoms with Crippen molar-refractivity contribution in [2.24, 2.45) is 17.8 Å². The predicted molar refractivity (Wildman–Crippen MR) is 89.5 cm³/mol. The minimum atomic E-state index is -0.00825. The van der Waals surface area contributed by atoms with Gasteiger partial charge in [0.1, 0.15) is 5.69 Å². The van der Waals surface area contributed by atoms with Crippen LogP contribution in [0.1, 0.15) is 55.7 Å². The minimum Gasteiger partial charge on any atom is -0.340 e. The normalized spacial score (nSPS) is 31.7. The third-order valence-electron chi connectivity index (χ3n) is 6.04. The zero-order valence-electron chi connectivity index (χ0n) is 14.7.